The van der Waals surface area contributed by atoms with E-state index in [1.165, 1.54) is 7.11 Å². The zero-order chi connectivity index (χ0) is 29.2. The van der Waals surface area contributed by atoms with Gasteiger partial charge in [0.1, 0.15) is 11.4 Å². The molecule has 1 aromatic carbocycles. The number of carbonyl (C=O) groups is 1. The van der Waals surface area contributed by atoms with Crippen molar-refractivity contribution >= 4 is 40.1 Å². The first-order valence-corrected chi connectivity index (χ1v) is 14.7. The predicted octanol–water partition coefficient (Wildman–Crippen LogP) is 3.54. The van der Waals surface area contributed by atoms with Crippen molar-refractivity contribution in [2.75, 3.05) is 63.1 Å². The van der Waals surface area contributed by atoms with Crippen molar-refractivity contribution in [3.8, 4) is 11.4 Å². The molecule has 0 aliphatic carbocycles. The third-order valence-corrected chi connectivity index (χ3v) is 8.51. The van der Waals surface area contributed by atoms with Crippen LogP contribution in [0.25, 0.3) is 22.4 Å². The molecule has 0 saturated carbocycles. The van der Waals surface area contributed by atoms with Crippen molar-refractivity contribution in [2.24, 2.45) is 0 Å². The standard InChI is InChI=1S/C29H36ClN9O3/c1-19-15-22(36-8-4-21(5-9-36)37-11-13-38(14-12-37)29(41)42-2)16-24-26(19)35-27(34-24)25-23(3-6-32-28(25)40)31-7-10-39-18-20(30)17-33-39/h3,6,15-18,21H,4-5,7-14H2,1-2H3,(H,34,35)(H2,31,32,40). The summed E-state index contributed by atoms with van der Waals surface area (Å²) < 4.78 is 6.62. The molecule has 3 aromatic heterocycles. The number of halogens is 1. The van der Waals surface area contributed by atoms with Gasteiger partial charge in [0.2, 0.25) is 0 Å². The zero-order valence-electron chi connectivity index (χ0n) is 23.9. The van der Waals surface area contributed by atoms with Crippen LogP contribution >= 0.6 is 11.6 Å². The van der Waals surface area contributed by atoms with Gasteiger partial charge in [-0.15, -0.1) is 0 Å². The minimum Gasteiger partial charge on any atom is -0.453 e. The maximum Gasteiger partial charge on any atom is 0.409 e. The van der Waals surface area contributed by atoms with Gasteiger partial charge in [0.15, 0.2) is 0 Å². The Labute approximate surface area is 248 Å². The van der Waals surface area contributed by atoms with Gasteiger partial charge in [-0.25, -0.2) is 9.78 Å². The highest BCUT2D eigenvalue weighted by Gasteiger charge is 2.29. The van der Waals surface area contributed by atoms with Crippen LogP contribution in [-0.4, -0.2) is 99.6 Å². The SMILES string of the molecule is COC(=O)N1CCN(C2CCN(c3cc(C)c4nc(-c5c(NCCn6cc(Cl)cn6)cc[nH]c5=O)[nH]c4c3)CC2)CC1. The molecule has 12 nitrogen and oxygen atoms in total. The van der Waals surface area contributed by atoms with Crippen LogP contribution in [0.4, 0.5) is 16.2 Å². The Morgan fingerprint density at radius 1 is 1.17 bits per heavy atom. The van der Waals surface area contributed by atoms with Gasteiger partial charge in [-0.3, -0.25) is 14.4 Å². The van der Waals surface area contributed by atoms with Crippen LogP contribution < -0.4 is 15.8 Å². The maximum atomic E-state index is 13.0. The van der Waals surface area contributed by atoms with Gasteiger partial charge in [-0.05, 0) is 43.5 Å². The minimum absolute atomic E-state index is 0.214. The summed E-state index contributed by atoms with van der Waals surface area (Å²) in [6.07, 6.45) is 6.90. The fraction of sp³-hybridized carbons (Fsp3) is 0.448. The summed E-state index contributed by atoms with van der Waals surface area (Å²) in [6, 6.07) is 6.69. The Morgan fingerprint density at radius 2 is 1.95 bits per heavy atom. The molecule has 0 unspecified atom stereocenters. The molecule has 6 rings (SSSR count). The second kappa shape index (κ2) is 12.1. The van der Waals surface area contributed by atoms with Crippen LogP contribution in [-0.2, 0) is 11.3 Å². The van der Waals surface area contributed by atoms with Gasteiger partial charge in [-0.2, -0.15) is 5.10 Å². The Hall–Kier alpha value is -4.03. The second-order valence-corrected chi connectivity index (χ2v) is 11.3. The number of piperazine rings is 1. The number of nitrogens with one attached hydrogen (secondary N) is 3. The molecule has 5 heterocycles. The van der Waals surface area contributed by atoms with Crippen LogP contribution in [0.15, 0.2) is 41.6 Å². The van der Waals surface area contributed by atoms with E-state index in [4.69, 9.17) is 21.3 Å². The van der Waals surface area contributed by atoms with E-state index in [1.54, 1.807) is 28.2 Å². The number of aryl methyl sites for hydroxylation is 1. The van der Waals surface area contributed by atoms with E-state index in [1.807, 2.05) is 6.07 Å². The van der Waals surface area contributed by atoms with Gasteiger partial charge in [0, 0.05) is 69.9 Å². The Kier molecular flexibility index (Phi) is 8.07. The third kappa shape index (κ3) is 5.82. The number of aromatic nitrogens is 5. The molecule has 2 saturated heterocycles. The Balaban J connectivity index is 1.14. The number of nitrogens with zero attached hydrogens (tertiary/aromatic N) is 6. The van der Waals surface area contributed by atoms with Crippen molar-refractivity contribution < 1.29 is 9.53 Å². The van der Waals surface area contributed by atoms with Crippen LogP contribution in [0.5, 0.6) is 0 Å². The number of amides is 1. The average Bonchev–Trinajstić information content (AvgIpc) is 3.63. The van der Waals surface area contributed by atoms with E-state index in [2.05, 4.69) is 49.2 Å². The van der Waals surface area contributed by atoms with Crippen LogP contribution in [0.1, 0.15) is 18.4 Å². The normalized spacial score (nSPS) is 16.7. The summed E-state index contributed by atoms with van der Waals surface area (Å²) in [7, 11) is 1.44. The molecule has 0 spiro atoms. The number of rotatable bonds is 7. The van der Waals surface area contributed by atoms with E-state index in [0.29, 0.717) is 54.3 Å². The zero-order valence-corrected chi connectivity index (χ0v) is 24.7. The highest BCUT2D eigenvalue weighted by atomic mass is 35.5. The molecule has 13 heteroatoms. The number of anilines is 2. The summed E-state index contributed by atoms with van der Waals surface area (Å²) in [5.74, 6) is 0.529. The van der Waals surface area contributed by atoms with Crippen LogP contribution in [0.3, 0.4) is 0 Å². The predicted molar refractivity (Wildman–Crippen MR) is 163 cm³/mol. The first kappa shape index (κ1) is 28.1. The molecule has 2 aliphatic heterocycles. The van der Waals surface area contributed by atoms with Gasteiger partial charge < -0.3 is 29.8 Å². The van der Waals surface area contributed by atoms with Crippen LogP contribution in [0.2, 0.25) is 5.02 Å². The summed E-state index contributed by atoms with van der Waals surface area (Å²) in [5, 5.41) is 8.14. The molecule has 0 radical (unpaired) electrons. The molecule has 1 amide bonds. The molecular formula is C29H36ClN9O3. The second-order valence-electron chi connectivity index (χ2n) is 10.9. The van der Waals surface area contributed by atoms with Gasteiger partial charge >= 0.3 is 6.09 Å². The minimum atomic E-state index is -0.238. The van der Waals surface area contributed by atoms with E-state index >= 15 is 0 Å². The summed E-state index contributed by atoms with van der Waals surface area (Å²) in [4.78, 5) is 42.5. The first-order chi connectivity index (χ1) is 20.4. The molecule has 4 aromatic rings. The molecule has 3 N–H and O–H groups in total. The molecule has 222 valence electrons. The van der Waals surface area contributed by atoms with Crippen molar-refractivity contribution in [1.82, 2.24) is 34.5 Å². The molecule has 0 atom stereocenters. The number of aromatic amines is 2. The molecular weight excluding hydrogens is 558 g/mol. The van der Waals surface area contributed by atoms with Gasteiger partial charge in [-0.1, -0.05) is 11.6 Å². The Bertz CT molecular complexity index is 1610. The van der Waals surface area contributed by atoms with Crippen molar-refractivity contribution in [3.05, 3.63) is 57.7 Å². The number of benzene rings is 1. The number of piperidine rings is 1. The largest absolute Gasteiger partial charge is 0.453 e. The van der Waals surface area contributed by atoms with E-state index in [-0.39, 0.29) is 11.7 Å². The lowest BCUT2D eigenvalue weighted by atomic mass is 10.0. The monoisotopic (exact) mass is 593 g/mol. The molecule has 2 aliphatic rings. The van der Waals surface area contributed by atoms with Crippen molar-refractivity contribution in [1.29, 1.82) is 0 Å². The molecule has 0 bridgehead atoms. The first-order valence-electron chi connectivity index (χ1n) is 14.4. The van der Waals surface area contributed by atoms with Crippen LogP contribution in [0, 0.1) is 6.92 Å². The van der Waals surface area contributed by atoms with E-state index in [0.717, 1.165) is 61.3 Å². The van der Waals surface area contributed by atoms with E-state index in [9.17, 15) is 9.59 Å². The lowest BCUT2D eigenvalue weighted by molar-refractivity contribution is 0.0687. The van der Waals surface area contributed by atoms with Crippen molar-refractivity contribution in [2.45, 2.75) is 32.4 Å². The fourth-order valence-corrected chi connectivity index (χ4v) is 6.24. The number of carbonyl (C=O) groups excluding carboxylic acids is 1. The highest BCUT2D eigenvalue weighted by Crippen LogP contribution is 2.31. The van der Waals surface area contributed by atoms with Gasteiger partial charge in [0.05, 0.1) is 41.6 Å². The summed E-state index contributed by atoms with van der Waals surface area (Å²) in [6.45, 7) is 8.34. The number of fused-ring (bicyclic) bond motifs is 1. The third-order valence-electron chi connectivity index (χ3n) is 8.31. The average molecular weight is 594 g/mol. The number of H-pyrrole nitrogens is 2. The number of pyridine rings is 1. The number of ether oxygens (including phenoxy) is 1. The smallest absolute Gasteiger partial charge is 0.409 e. The lowest BCUT2D eigenvalue weighted by Crippen LogP contribution is -2.54. The van der Waals surface area contributed by atoms with Crippen molar-refractivity contribution in [3.63, 3.8) is 0 Å². The topological polar surface area (TPSA) is 127 Å². The number of hydrogen-bond acceptors (Lipinski definition) is 8. The van der Waals surface area contributed by atoms with Gasteiger partial charge in [0.25, 0.3) is 5.56 Å². The molecule has 2 fully saturated rings. The number of methoxy groups -OCH3 is 1. The highest BCUT2D eigenvalue weighted by molar-refractivity contribution is 6.30. The quantitative estimate of drug-likeness (QED) is 0.297. The summed E-state index contributed by atoms with van der Waals surface area (Å²) in [5.41, 5.74) is 4.93. The number of hydrogen-bond donors (Lipinski definition) is 3. The summed E-state index contributed by atoms with van der Waals surface area (Å²) >= 11 is 5.97. The maximum absolute atomic E-state index is 13.0. The number of imidazole rings is 1. The van der Waals surface area contributed by atoms with E-state index < -0.39 is 0 Å². The fourth-order valence-electron chi connectivity index (χ4n) is 6.09. The Morgan fingerprint density at radius 3 is 2.67 bits per heavy atom. The molecule has 42 heavy (non-hydrogen) atoms. The lowest BCUT2D eigenvalue weighted by Gasteiger charge is -2.43.